The van der Waals surface area contributed by atoms with Gasteiger partial charge in [-0.25, -0.2) is 0 Å². The molecule has 1 N–H and O–H groups in total. The molecule has 1 aliphatic heterocycles. The second-order valence-electron chi connectivity index (χ2n) is 4.58. The van der Waals surface area contributed by atoms with Gasteiger partial charge in [0.2, 0.25) is 0 Å². The van der Waals surface area contributed by atoms with Crippen molar-refractivity contribution in [1.29, 1.82) is 0 Å². The zero-order valence-electron chi connectivity index (χ0n) is 10.6. The van der Waals surface area contributed by atoms with E-state index in [9.17, 15) is 0 Å². The van der Waals surface area contributed by atoms with Crippen LogP contribution in [-0.2, 0) is 4.74 Å². The van der Waals surface area contributed by atoms with E-state index in [1.165, 1.54) is 23.3 Å². The van der Waals surface area contributed by atoms with Gasteiger partial charge >= 0.3 is 0 Å². The first kappa shape index (κ1) is 12.9. The molecule has 0 aliphatic carbocycles. The van der Waals surface area contributed by atoms with Crippen LogP contribution in [0.25, 0.3) is 0 Å². The lowest BCUT2D eigenvalue weighted by Gasteiger charge is -2.27. The summed E-state index contributed by atoms with van der Waals surface area (Å²) in [7, 11) is 0. The van der Waals surface area contributed by atoms with E-state index in [0.717, 1.165) is 13.2 Å². The number of thioether (sulfide) groups is 1. The Hall–Kier alpha value is -0.510. The monoisotopic (exact) mass is 251 g/mol. The standard InChI is InChI=1S/C14H21NOS/c1-11(15-13-4-3-9-16-10-13)12-5-7-14(17-2)8-6-12/h5-8,11,13,15H,3-4,9-10H2,1-2H3/t11-,13+/m0/s1. The molecule has 94 valence electrons. The first-order valence-corrected chi connectivity index (χ1v) is 7.50. The van der Waals surface area contributed by atoms with Gasteiger partial charge in [-0.15, -0.1) is 11.8 Å². The molecule has 17 heavy (non-hydrogen) atoms. The van der Waals surface area contributed by atoms with Gasteiger partial charge in [0.15, 0.2) is 0 Å². The van der Waals surface area contributed by atoms with E-state index < -0.39 is 0 Å². The van der Waals surface area contributed by atoms with Gasteiger partial charge in [0.25, 0.3) is 0 Å². The topological polar surface area (TPSA) is 21.3 Å². The van der Waals surface area contributed by atoms with Crippen molar-refractivity contribution in [2.45, 2.75) is 36.7 Å². The summed E-state index contributed by atoms with van der Waals surface area (Å²) in [6.07, 6.45) is 4.51. The summed E-state index contributed by atoms with van der Waals surface area (Å²) in [5.41, 5.74) is 1.35. The SMILES string of the molecule is CSc1ccc([C@H](C)N[C@@H]2CCCOC2)cc1. The molecular weight excluding hydrogens is 230 g/mol. The number of benzene rings is 1. The maximum Gasteiger partial charge on any atom is 0.0619 e. The Labute approximate surface area is 108 Å². The van der Waals surface area contributed by atoms with Crippen LogP contribution in [0.4, 0.5) is 0 Å². The molecule has 0 aromatic heterocycles. The van der Waals surface area contributed by atoms with Crippen molar-refractivity contribution < 1.29 is 4.74 Å². The fraction of sp³-hybridized carbons (Fsp3) is 0.571. The van der Waals surface area contributed by atoms with Crippen molar-refractivity contribution in [3.63, 3.8) is 0 Å². The van der Waals surface area contributed by atoms with E-state index in [4.69, 9.17) is 4.74 Å². The average molecular weight is 251 g/mol. The van der Waals surface area contributed by atoms with Crippen LogP contribution in [0, 0.1) is 0 Å². The molecule has 0 amide bonds. The lowest BCUT2D eigenvalue weighted by atomic mass is 10.1. The van der Waals surface area contributed by atoms with Gasteiger partial charge in [-0.3, -0.25) is 0 Å². The lowest BCUT2D eigenvalue weighted by molar-refractivity contribution is 0.0671. The molecule has 0 bridgehead atoms. The lowest BCUT2D eigenvalue weighted by Crippen LogP contribution is -2.38. The molecule has 1 aromatic rings. The minimum absolute atomic E-state index is 0.401. The first-order valence-electron chi connectivity index (χ1n) is 6.27. The number of ether oxygens (including phenoxy) is 1. The summed E-state index contributed by atoms with van der Waals surface area (Å²) in [6.45, 7) is 4.00. The molecule has 0 unspecified atom stereocenters. The summed E-state index contributed by atoms with van der Waals surface area (Å²) < 4.78 is 5.49. The zero-order chi connectivity index (χ0) is 12.1. The Morgan fingerprint density at radius 1 is 1.35 bits per heavy atom. The molecule has 0 saturated carbocycles. The number of hydrogen-bond donors (Lipinski definition) is 1. The molecule has 1 aliphatic rings. The third kappa shape index (κ3) is 3.73. The highest BCUT2D eigenvalue weighted by Crippen LogP contribution is 2.20. The predicted octanol–water partition coefficient (Wildman–Crippen LogP) is 3.24. The van der Waals surface area contributed by atoms with Crippen LogP contribution in [-0.4, -0.2) is 25.5 Å². The van der Waals surface area contributed by atoms with E-state index in [2.05, 4.69) is 42.8 Å². The molecular formula is C14H21NOS. The highest BCUT2D eigenvalue weighted by molar-refractivity contribution is 7.98. The Morgan fingerprint density at radius 2 is 2.12 bits per heavy atom. The van der Waals surface area contributed by atoms with E-state index in [1.807, 2.05) is 0 Å². The van der Waals surface area contributed by atoms with Crippen molar-refractivity contribution in [3.05, 3.63) is 29.8 Å². The van der Waals surface area contributed by atoms with Crippen LogP contribution >= 0.6 is 11.8 Å². The smallest absolute Gasteiger partial charge is 0.0619 e. The van der Waals surface area contributed by atoms with E-state index in [0.29, 0.717) is 12.1 Å². The van der Waals surface area contributed by atoms with Crippen LogP contribution in [0.1, 0.15) is 31.4 Å². The van der Waals surface area contributed by atoms with E-state index in [-0.39, 0.29) is 0 Å². The number of hydrogen-bond acceptors (Lipinski definition) is 3. The molecule has 2 atom stereocenters. The average Bonchev–Trinajstić information content (AvgIpc) is 2.40. The fourth-order valence-electron chi connectivity index (χ4n) is 2.21. The normalized spacial score (nSPS) is 22.4. The Balaban J connectivity index is 1.91. The third-order valence-corrected chi connectivity index (χ3v) is 4.01. The van der Waals surface area contributed by atoms with Gasteiger partial charge in [0, 0.05) is 23.6 Å². The van der Waals surface area contributed by atoms with Gasteiger partial charge in [-0.2, -0.15) is 0 Å². The van der Waals surface area contributed by atoms with E-state index in [1.54, 1.807) is 11.8 Å². The molecule has 0 radical (unpaired) electrons. The molecule has 1 heterocycles. The van der Waals surface area contributed by atoms with Gasteiger partial charge in [-0.1, -0.05) is 12.1 Å². The first-order chi connectivity index (χ1) is 8.29. The van der Waals surface area contributed by atoms with Crippen LogP contribution in [0.2, 0.25) is 0 Å². The van der Waals surface area contributed by atoms with Crippen molar-refractivity contribution in [2.75, 3.05) is 19.5 Å². The third-order valence-electron chi connectivity index (χ3n) is 3.26. The van der Waals surface area contributed by atoms with Gasteiger partial charge in [-0.05, 0) is 43.7 Å². The van der Waals surface area contributed by atoms with Gasteiger partial charge in [0.05, 0.1) is 6.61 Å². The largest absolute Gasteiger partial charge is 0.380 e. The summed E-state index contributed by atoms with van der Waals surface area (Å²) in [5, 5.41) is 3.64. The van der Waals surface area contributed by atoms with E-state index >= 15 is 0 Å². The minimum Gasteiger partial charge on any atom is -0.380 e. The maximum atomic E-state index is 5.49. The maximum absolute atomic E-state index is 5.49. The summed E-state index contributed by atoms with van der Waals surface area (Å²) >= 11 is 1.78. The Bertz CT molecular complexity index is 333. The molecule has 2 nitrogen and oxygen atoms in total. The second kappa shape index (κ2) is 6.43. The van der Waals surface area contributed by atoms with Gasteiger partial charge < -0.3 is 10.1 Å². The summed E-state index contributed by atoms with van der Waals surface area (Å²) in [4.78, 5) is 1.32. The Kier molecular flexibility index (Phi) is 4.89. The van der Waals surface area contributed by atoms with Crippen LogP contribution in [0.5, 0.6) is 0 Å². The predicted molar refractivity (Wildman–Crippen MR) is 73.6 cm³/mol. The van der Waals surface area contributed by atoms with Crippen LogP contribution in [0.3, 0.4) is 0 Å². The van der Waals surface area contributed by atoms with Crippen molar-refractivity contribution in [2.24, 2.45) is 0 Å². The molecule has 0 spiro atoms. The highest BCUT2D eigenvalue weighted by Gasteiger charge is 2.16. The number of nitrogens with one attached hydrogen (secondary N) is 1. The minimum atomic E-state index is 0.401. The summed E-state index contributed by atoms with van der Waals surface area (Å²) in [5.74, 6) is 0. The molecule has 1 aromatic carbocycles. The van der Waals surface area contributed by atoms with Crippen LogP contribution in [0.15, 0.2) is 29.2 Å². The van der Waals surface area contributed by atoms with Crippen molar-refractivity contribution in [3.8, 4) is 0 Å². The molecule has 1 saturated heterocycles. The molecule has 3 heteroatoms. The van der Waals surface area contributed by atoms with Crippen molar-refractivity contribution >= 4 is 11.8 Å². The zero-order valence-corrected chi connectivity index (χ0v) is 11.4. The fourth-order valence-corrected chi connectivity index (χ4v) is 2.62. The summed E-state index contributed by atoms with van der Waals surface area (Å²) in [6, 6.07) is 9.72. The quantitative estimate of drug-likeness (QED) is 0.830. The molecule has 1 fully saturated rings. The second-order valence-corrected chi connectivity index (χ2v) is 5.46. The Morgan fingerprint density at radius 3 is 2.71 bits per heavy atom. The highest BCUT2D eigenvalue weighted by atomic mass is 32.2. The molecule has 2 rings (SSSR count). The van der Waals surface area contributed by atoms with Gasteiger partial charge in [0.1, 0.15) is 0 Å². The number of rotatable bonds is 4. The van der Waals surface area contributed by atoms with Crippen LogP contribution < -0.4 is 5.32 Å². The van der Waals surface area contributed by atoms with Crippen molar-refractivity contribution in [1.82, 2.24) is 5.32 Å².